The minimum atomic E-state index is -1.43. The van der Waals surface area contributed by atoms with Crippen LogP contribution in [0, 0.1) is 0 Å². The van der Waals surface area contributed by atoms with Gasteiger partial charge < -0.3 is 14.6 Å². The number of amides is 1. The highest BCUT2D eigenvalue weighted by Crippen LogP contribution is 2.44. The summed E-state index contributed by atoms with van der Waals surface area (Å²) in [6.07, 6.45) is 1.53. The second-order valence-electron chi connectivity index (χ2n) is 9.27. The first-order valence-electron chi connectivity index (χ1n) is 13.1. The highest BCUT2D eigenvalue weighted by Gasteiger charge is 2.54. The molecule has 0 bridgehead atoms. The van der Waals surface area contributed by atoms with Crippen LogP contribution >= 0.6 is 15.9 Å². The Balaban J connectivity index is 1.83. The zero-order valence-corrected chi connectivity index (χ0v) is 24.0. The predicted octanol–water partition coefficient (Wildman–Crippen LogP) is 5.33. The number of rotatable bonds is 14. The normalized spacial score (nSPS) is 17.6. The molecule has 4 rings (SSSR count). The van der Waals surface area contributed by atoms with E-state index in [0.717, 1.165) is 15.6 Å². The maximum atomic E-state index is 14.1. The van der Waals surface area contributed by atoms with Gasteiger partial charge in [0.1, 0.15) is 5.75 Å². The van der Waals surface area contributed by atoms with E-state index in [1.807, 2.05) is 60.7 Å². The van der Waals surface area contributed by atoms with Crippen LogP contribution in [0.1, 0.15) is 34.8 Å². The van der Waals surface area contributed by atoms with E-state index in [0.29, 0.717) is 42.3 Å². The van der Waals surface area contributed by atoms with Crippen LogP contribution in [0.15, 0.2) is 100 Å². The number of carbonyl (C=O) groups excluding carboxylic acids is 1. The molecular formula is C30H31BrN6O4. The molecule has 1 aliphatic rings. The number of carbonyl (C=O) groups is 1. The highest BCUT2D eigenvalue weighted by molar-refractivity contribution is 9.10. The molecular weight excluding hydrogens is 588 g/mol. The van der Waals surface area contributed by atoms with Crippen molar-refractivity contribution < 1.29 is 19.4 Å². The molecule has 3 aromatic rings. The van der Waals surface area contributed by atoms with Gasteiger partial charge in [0.2, 0.25) is 5.90 Å². The largest absolute Gasteiger partial charge is 0.494 e. The number of hydrazine groups is 1. The number of hydrogen-bond donors (Lipinski definition) is 3. The van der Waals surface area contributed by atoms with Gasteiger partial charge in [0, 0.05) is 40.9 Å². The smallest absolute Gasteiger partial charge is 0.266 e. The zero-order valence-electron chi connectivity index (χ0n) is 22.4. The lowest BCUT2D eigenvalue weighted by Crippen LogP contribution is -2.54. The number of nitrogens with one attached hydrogen (secondary N) is 2. The van der Waals surface area contributed by atoms with Crippen molar-refractivity contribution in [1.82, 2.24) is 10.9 Å². The van der Waals surface area contributed by atoms with Crippen molar-refractivity contribution in [2.75, 3.05) is 19.8 Å². The molecule has 0 aromatic heterocycles. The van der Waals surface area contributed by atoms with Crippen molar-refractivity contribution in [2.24, 2.45) is 10.1 Å². The Labute approximate surface area is 246 Å². The summed E-state index contributed by atoms with van der Waals surface area (Å²) < 4.78 is 13.1. The first-order valence-corrected chi connectivity index (χ1v) is 13.9. The molecule has 11 heteroatoms. The summed E-state index contributed by atoms with van der Waals surface area (Å²) in [7, 11) is 0. The molecule has 3 aromatic carbocycles. The molecule has 2 atom stereocenters. The fourth-order valence-electron chi connectivity index (χ4n) is 4.54. The number of nitrogens with zero attached hydrogens (tertiary/aromatic N) is 4. The van der Waals surface area contributed by atoms with Crippen molar-refractivity contribution in [1.29, 1.82) is 0 Å². The molecule has 1 aliphatic heterocycles. The molecule has 0 aliphatic carbocycles. The predicted molar refractivity (Wildman–Crippen MR) is 160 cm³/mol. The molecule has 0 fully saturated rings. The lowest BCUT2D eigenvalue weighted by atomic mass is 9.80. The van der Waals surface area contributed by atoms with Crippen molar-refractivity contribution >= 4 is 27.7 Å². The molecule has 3 N–H and O–H groups in total. The third kappa shape index (κ3) is 7.14. The third-order valence-electron chi connectivity index (χ3n) is 6.54. The lowest BCUT2D eigenvalue weighted by Gasteiger charge is -2.32. The summed E-state index contributed by atoms with van der Waals surface area (Å²) in [5.41, 5.74) is 16.2. The summed E-state index contributed by atoms with van der Waals surface area (Å²) in [5, 5.41) is 12.8. The summed E-state index contributed by atoms with van der Waals surface area (Å²) in [6.45, 7) is 4.58. The van der Waals surface area contributed by atoms with Gasteiger partial charge in [0.15, 0.2) is 11.6 Å². The monoisotopic (exact) mass is 618 g/mol. The minimum Gasteiger partial charge on any atom is -0.494 e. The summed E-state index contributed by atoms with van der Waals surface area (Å²) in [5.74, 6) is 0.543. The Bertz CT molecular complexity index is 1440. The fourth-order valence-corrected chi connectivity index (χ4v) is 4.97. The van der Waals surface area contributed by atoms with Crippen LogP contribution in [-0.2, 0) is 22.5 Å². The second-order valence-corrected chi connectivity index (χ2v) is 10.1. The molecule has 0 saturated carbocycles. The Morgan fingerprint density at radius 2 is 1.90 bits per heavy atom. The number of azide groups is 1. The number of benzene rings is 3. The van der Waals surface area contributed by atoms with E-state index in [2.05, 4.69) is 43.4 Å². The second kappa shape index (κ2) is 14.5. The molecule has 0 unspecified atom stereocenters. The van der Waals surface area contributed by atoms with E-state index in [1.54, 1.807) is 18.2 Å². The van der Waals surface area contributed by atoms with E-state index in [1.165, 1.54) is 0 Å². The van der Waals surface area contributed by atoms with Crippen molar-refractivity contribution in [3.05, 3.63) is 123 Å². The minimum absolute atomic E-state index is 0.0502. The van der Waals surface area contributed by atoms with Gasteiger partial charge in [-0.3, -0.25) is 10.2 Å². The van der Waals surface area contributed by atoms with Gasteiger partial charge in [0.25, 0.3) is 5.91 Å². The SMILES string of the molecule is C=CCNNC(=O)[C@@]1(Cc2ccccc2Br)N=C(c2ccc(OCCCO)cc2)O[C@H]1c1ccccc1CN=[N+]=[N-]. The molecule has 1 amide bonds. The van der Waals surface area contributed by atoms with Crippen LogP contribution in [0.5, 0.6) is 5.75 Å². The maximum absolute atomic E-state index is 14.1. The van der Waals surface area contributed by atoms with Crippen LogP contribution in [0.4, 0.5) is 0 Å². The van der Waals surface area contributed by atoms with Crippen LogP contribution in [-0.4, -0.2) is 42.2 Å². The van der Waals surface area contributed by atoms with Gasteiger partial charge in [-0.05, 0) is 52.6 Å². The topological polar surface area (TPSA) is 141 Å². The highest BCUT2D eigenvalue weighted by atomic mass is 79.9. The summed E-state index contributed by atoms with van der Waals surface area (Å²) in [4.78, 5) is 22.0. The van der Waals surface area contributed by atoms with Crippen molar-refractivity contribution in [3.8, 4) is 5.75 Å². The fraction of sp³-hybridized carbons (Fsp3) is 0.267. The molecule has 10 nitrogen and oxygen atoms in total. The van der Waals surface area contributed by atoms with Crippen LogP contribution < -0.4 is 15.6 Å². The first-order chi connectivity index (χ1) is 20.0. The number of aliphatic imine (C=N–C) groups is 1. The Morgan fingerprint density at radius 3 is 2.61 bits per heavy atom. The molecule has 0 saturated heterocycles. The Hall–Kier alpha value is -4.15. The van der Waals surface area contributed by atoms with E-state index in [9.17, 15) is 4.79 Å². The molecule has 0 radical (unpaired) electrons. The van der Waals surface area contributed by atoms with Gasteiger partial charge in [-0.25, -0.2) is 10.4 Å². The Kier molecular flexibility index (Phi) is 10.5. The van der Waals surface area contributed by atoms with E-state index >= 15 is 0 Å². The van der Waals surface area contributed by atoms with Crippen molar-refractivity contribution in [2.45, 2.75) is 31.0 Å². The molecule has 1 heterocycles. The van der Waals surface area contributed by atoms with E-state index in [4.69, 9.17) is 25.1 Å². The van der Waals surface area contributed by atoms with Gasteiger partial charge >= 0.3 is 0 Å². The summed E-state index contributed by atoms with van der Waals surface area (Å²) >= 11 is 3.62. The average molecular weight is 620 g/mol. The van der Waals surface area contributed by atoms with Gasteiger partial charge in [-0.15, -0.1) is 6.58 Å². The van der Waals surface area contributed by atoms with E-state index in [-0.39, 0.29) is 19.6 Å². The molecule has 0 spiro atoms. The Morgan fingerprint density at radius 1 is 1.17 bits per heavy atom. The average Bonchev–Trinajstić information content (AvgIpc) is 3.38. The zero-order chi connectivity index (χ0) is 29.1. The lowest BCUT2D eigenvalue weighted by molar-refractivity contribution is -0.129. The number of hydrogen-bond acceptors (Lipinski definition) is 7. The van der Waals surface area contributed by atoms with Crippen LogP contribution in [0.3, 0.4) is 0 Å². The molecule has 41 heavy (non-hydrogen) atoms. The van der Waals surface area contributed by atoms with Gasteiger partial charge in [-0.2, -0.15) is 0 Å². The number of ether oxygens (including phenoxy) is 2. The number of halogens is 1. The van der Waals surface area contributed by atoms with Gasteiger partial charge in [0.05, 0.1) is 13.2 Å². The molecule has 212 valence electrons. The van der Waals surface area contributed by atoms with Crippen LogP contribution in [0.2, 0.25) is 0 Å². The van der Waals surface area contributed by atoms with Crippen molar-refractivity contribution in [3.63, 3.8) is 0 Å². The first kappa shape index (κ1) is 29.8. The van der Waals surface area contributed by atoms with Crippen LogP contribution in [0.25, 0.3) is 10.4 Å². The maximum Gasteiger partial charge on any atom is 0.266 e. The standard InChI is InChI=1S/C30H31BrN6O4/c1-2-16-33-36-29(39)30(19-22-8-4-6-11-26(22)31)27(25-10-5-3-9-23(25)20-34-37-32)41-28(35-30)21-12-14-24(15-13-21)40-18-7-17-38/h2-6,8-15,27,33,38H,1,7,16-20H2,(H,36,39)/t27-,30-/m0/s1. The summed E-state index contributed by atoms with van der Waals surface area (Å²) in [6, 6.07) is 22.3. The van der Waals surface area contributed by atoms with Gasteiger partial charge in [-0.1, -0.05) is 69.6 Å². The third-order valence-corrected chi connectivity index (χ3v) is 7.31. The number of aliphatic hydroxyl groups is 1. The van der Waals surface area contributed by atoms with E-state index < -0.39 is 17.6 Å². The quantitative estimate of drug-likeness (QED) is 0.0559. The number of aliphatic hydroxyl groups excluding tert-OH is 1.